The van der Waals surface area contributed by atoms with Crippen LogP contribution in [0.3, 0.4) is 0 Å². The van der Waals surface area contributed by atoms with Crippen molar-refractivity contribution in [1.82, 2.24) is 0 Å². The molecule has 5 rings (SSSR count). The van der Waals surface area contributed by atoms with E-state index >= 15 is 0 Å². The van der Waals surface area contributed by atoms with Gasteiger partial charge in [0.25, 0.3) is 0 Å². The van der Waals surface area contributed by atoms with Crippen LogP contribution in [0.25, 0.3) is 22.3 Å². The Balaban J connectivity index is 1.32. The van der Waals surface area contributed by atoms with Gasteiger partial charge >= 0.3 is 0 Å². The fourth-order valence-corrected chi connectivity index (χ4v) is 4.58. The lowest BCUT2D eigenvalue weighted by atomic mass is 9.98. The van der Waals surface area contributed by atoms with E-state index in [4.69, 9.17) is 23.4 Å². The molecular weight excluding hydrogens is 516 g/mol. The number of fused-ring (bicyclic) bond motifs is 1. The zero-order valence-electron chi connectivity index (χ0n) is 20.8. The molecule has 12 nitrogen and oxygen atoms in total. The molecule has 39 heavy (non-hydrogen) atoms. The van der Waals surface area contributed by atoms with E-state index in [0.717, 1.165) is 0 Å². The van der Waals surface area contributed by atoms with Crippen molar-refractivity contribution in [3.8, 4) is 17.1 Å². The molecule has 1 aromatic heterocycles. The van der Waals surface area contributed by atoms with Crippen molar-refractivity contribution in [1.29, 1.82) is 0 Å². The molecule has 210 valence electrons. The van der Waals surface area contributed by atoms with Crippen LogP contribution >= 0.6 is 0 Å². The maximum absolute atomic E-state index is 12.6. The summed E-state index contributed by atoms with van der Waals surface area (Å²) in [6, 6.07) is 14.9. The highest BCUT2D eigenvalue weighted by atomic mass is 16.7. The monoisotopic (exact) mass is 546 g/mol. The van der Waals surface area contributed by atoms with Gasteiger partial charge in [-0.15, -0.1) is 0 Å². The first-order valence-corrected chi connectivity index (χ1v) is 12.4. The van der Waals surface area contributed by atoms with Crippen molar-refractivity contribution < 1.29 is 54.0 Å². The fraction of sp³-hybridized carbons (Fsp3) is 0.444. The quantitative estimate of drug-likeness (QED) is 0.233. The average Bonchev–Trinajstić information content (AvgIpc) is 2.94. The van der Waals surface area contributed by atoms with Gasteiger partial charge in [-0.25, -0.2) is 0 Å². The molecule has 12 heteroatoms. The highest BCUT2D eigenvalue weighted by Gasteiger charge is 2.47. The number of benzene rings is 2. The van der Waals surface area contributed by atoms with Crippen molar-refractivity contribution in [2.75, 3.05) is 6.61 Å². The summed E-state index contributed by atoms with van der Waals surface area (Å²) in [5.41, 5.74) is 0.672. The number of hydrogen-bond acceptors (Lipinski definition) is 12. The van der Waals surface area contributed by atoms with Gasteiger partial charge in [-0.1, -0.05) is 30.3 Å². The Morgan fingerprint density at radius 1 is 0.769 bits per heavy atom. The third kappa shape index (κ3) is 5.57. The summed E-state index contributed by atoms with van der Waals surface area (Å²) in [6.45, 7) is 1.07. The molecule has 2 aliphatic heterocycles. The summed E-state index contributed by atoms with van der Waals surface area (Å²) in [7, 11) is 0. The van der Waals surface area contributed by atoms with E-state index in [1.807, 2.05) is 18.2 Å². The number of aliphatic hydroxyl groups excluding tert-OH is 6. The minimum absolute atomic E-state index is 0.153. The Bertz CT molecular complexity index is 1330. The van der Waals surface area contributed by atoms with Gasteiger partial charge in [-0.3, -0.25) is 4.79 Å². The number of hydrogen-bond donors (Lipinski definition) is 6. The Morgan fingerprint density at radius 3 is 2.21 bits per heavy atom. The van der Waals surface area contributed by atoms with Crippen LogP contribution in [0, 0.1) is 0 Å². The molecule has 0 aliphatic carbocycles. The Morgan fingerprint density at radius 2 is 1.46 bits per heavy atom. The van der Waals surface area contributed by atoms with Crippen LogP contribution in [0.4, 0.5) is 0 Å². The average molecular weight is 547 g/mol. The summed E-state index contributed by atoms with van der Waals surface area (Å²) in [5.74, 6) is 0.508. The maximum atomic E-state index is 12.6. The fourth-order valence-electron chi connectivity index (χ4n) is 4.58. The molecule has 0 bridgehead atoms. The standard InChI is InChI=1S/C27H30O12/c1-12-20(29)22(31)24(33)26(36-12)35-11-19-21(30)23(32)25(34)27(39-19)37-14-7-8-15-16(28)10-17(38-18(15)9-14)13-5-3-2-4-6-13/h2-10,12,19-27,29-34H,11H2,1H3/t12-,19+,20-,21+,22+,23-,24+,25+,26+,27+/m0/s1. The van der Waals surface area contributed by atoms with Crippen LogP contribution in [-0.2, 0) is 14.2 Å². The van der Waals surface area contributed by atoms with Crippen LogP contribution in [0.5, 0.6) is 5.75 Å². The molecule has 0 unspecified atom stereocenters. The van der Waals surface area contributed by atoms with E-state index in [0.29, 0.717) is 16.7 Å². The normalized spacial score (nSPS) is 35.2. The molecule has 3 aromatic rings. The molecular formula is C27H30O12. The maximum Gasteiger partial charge on any atom is 0.229 e. The lowest BCUT2D eigenvalue weighted by molar-refractivity contribution is -0.318. The molecule has 6 N–H and O–H groups in total. The SMILES string of the molecule is C[C@@H]1O[C@@H](OC[C@H]2O[C@@H](Oc3ccc4c(=O)cc(-c5ccccc5)oc4c3)[C@H](O)[C@@H](O)[C@@H]2O)[C@H](O)[C@H](O)[C@H]1O. The van der Waals surface area contributed by atoms with E-state index < -0.39 is 68.0 Å². The lowest BCUT2D eigenvalue weighted by Crippen LogP contribution is -2.61. The number of rotatable bonds is 6. The third-order valence-electron chi connectivity index (χ3n) is 6.91. The largest absolute Gasteiger partial charge is 0.462 e. The van der Waals surface area contributed by atoms with Crippen LogP contribution in [0.15, 0.2) is 63.8 Å². The summed E-state index contributed by atoms with van der Waals surface area (Å²) < 4.78 is 28.2. The zero-order chi connectivity index (χ0) is 27.8. The van der Waals surface area contributed by atoms with E-state index in [2.05, 4.69) is 0 Å². The molecule has 0 spiro atoms. The van der Waals surface area contributed by atoms with E-state index in [-0.39, 0.29) is 16.8 Å². The van der Waals surface area contributed by atoms with Gasteiger partial charge in [0.2, 0.25) is 6.29 Å². The van der Waals surface area contributed by atoms with Gasteiger partial charge in [-0.05, 0) is 19.1 Å². The molecule has 0 amide bonds. The first-order valence-electron chi connectivity index (χ1n) is 12.4. The Labute approximate surface area is 222 Å². The van der Waals surface area contributed by atoms with E-state index in [1.54, 1.807) is 12.1 Å². The molecule has 2 aliphatic rings. The molecule has 10 atom stereocenters. The van der Waals surface area contributed by atoms with Crippen LogP contribution in [0.2, 0.25) is 0 Å². The van der Waals surface area contributed by atoms with E-state index in [1.165, 1.54) is 31.2 Å². The summed E-state index contributed by atoms with van der Waals surface area (Å²) in [6.07, 6.45) is -14.2. The highest BCUT2D eigenvalue weighted by Crippen LogP contribution is 2.29. The van der Waals surface area contributed by atoms with Gasteiger partial charge in [-0.2, -0.15) is 0 Å². The molecule has 0 radical (unpaired) electrons. The van der Waals surface area contributed by atoms with Crippen LogP contribution in [-0.4, -0.2) is 98.7 Å². The molecule has 2 aromatic carbocycles. The second-order valence-electron chi connectivity index (χ2n) is 9.65. The lowest BCUT2D eigenvalue weighted by Gasteiger charge is -2.42. The topological polar surface area (TPSA) is 189 Å². The van der Waals surface area contributed by atoms with Crippen molar-refractivity contribution >= 4 is 11.0 Å². The highest BCUT2D eigenvalue weighted by molar-refractivity contribution is 5.80. The number of ether oxygens (including phenoxy) is 4. The van der Waals surface area contributed by atoms with Gasteiger partial charge in [0, 0.05) is 17.7 Å². The van der Waals surface area contributed by atoms with Gasteiger partial charge in [0.05, 0.1) is 18.1 Å². The van der Waals surface area contributed by atoms with E-state index in [9.17, 15) is 35.4 Å². The first-order chi connectivity index (χ1) is 18.6. The van der Waals surface area contributed by atoms with Crippen LogP contribution < -0.4 is 10.2 Å². The minimum atomic E-state index is -1.68. The molecule has 2 fully saturated rings. The molecule has 0 saturated carbocycles. The molecule has 2 saturated heterocycles. The van der Waals surface area contributed by atoms with Gasteiger partial charge in [0.1, 0.15) is 59.8 Å². The predicted octanol–water partition coefficient (Wildman–Crippen LogP) is -0.510. The number of aliphatic hydroxyl groups is 6. The Hall–Kier alpha value is -2.91. The summed E-state index contributed by atoms with van der Waals surface area (Å²) >= 11 is 0. The first kappa shape index (κ1) is 27.6. The second kappa shape index (κ2) is 11.3. The minimum Gasteiger partial charge on any atom is -0.462 e. The zero-order valence-corrected chi connectivity index (χ0v) is 20.8. The molecule has 3 heterocycles. The Kier molecular flexibility index (Phi) is 8.01. The predicted molar refractivity (Wildman–Crippen MR) is 134 cm³/mol. The van der Waals surface area contributed by atoms with Crippen molar-refractivity contribution in [2.45, 2.75) is 68.3 Å². The smallest absolute Gasteiger partial charge is 0.229 e. The summed E-state index contributed by atoms with van der Waals surface area (Å²) in [5, 5.41) is 61.6. The van der Waals surface area contributed by atoms with Gasteiger partial charge in [0.15, 0.2) is 11.7 Å². The van der Waals surface area contributed by atoms with Crippen LogP contribution in [0.1, 0.15) is 6.92 Å². The van der Waals surface area contributed by atoms with Crippen molar-refractivity contribution in [3.63, 3.8) is 0 Å². The van der Waals surface area contributed by atoms with Crippen molar-refractivity contribution in [3.05, 3.63) is 64.8 Å². The third-order valence-corrected chi connectivity index (χ3v) is 6.91. The van der Waals surface area contributed by atoms with Gasteiger partial charge < -0.3 is 54.0 Å². The summed E-state index contributed by atoms with van der Waals surface area (Å²) in [4.78, 5) is 12.6. The van der Waals surface area contributed by atoms with Crippen molar-refractivity contribution in [2.24, 2.45) is 0 Å². The second-order valence-corrected chi connectivity index (χ2v) is 9.65.